The van der Waals surface area contributed by atoms with Crippen LogP contribution in [0.3, 0.4) is 0 Å². The zero-order valence-electron chi connectivity index (χ0n) is 12.0. The summed E-state index contributed by atoms with van der Waals surface area (Å²) in [5.74, 6) is -0.414. The first-order valence-electron chi connectivity index (χ1n) is 7.12. The summed E-state index contributed by atoms with van der Waals surface area (Å²) < 4.78 is 7.28. The molecule has 0 spiro atoms. The van der Waals surface area contributed by atoms with Crippen LogP contribution in [0.15, 0.2) is 35.5 Å². The number of hydrogen-bond acceptors (Lipinski definition) is 6. The molecule has 22 heavy (non-hydrogen) atoms. The number of nitrogens with two attached hydrogens (primary N) is 1. The van der Waals surface area contributed by atoms with Crippen molar-refractivity contribution >= 4 is 17.7 Å². The Balaban J connectivity index is 1.76. The van der Waals surface area contributed by atoms with Crippen molar-refractivity contribution < 1.29 is 9.53 Å². The van der Waals surface area contributed by atoms with Gasteiger partial charge in [0, 0.05) is 6.61 Å². The quantitative estimate of drug-likeness (QED) is 0.803. The second-order valence-corrected chi connectivity index (χ2v) is 6.16. The molecule has 1 amide bonds. The molecule has 7 nitrogen and oxygen atoms in total. The van der Waals surface area contributed by atoms with Crippen molar-refractivity contribution in [1.29, 1.82) is 0 Å². The average Bonchev–Trinajstić information content (AvgIpc) is 3.18. The lowest BCUT2D eigenvalue weighted by Crippen LogP contribution is -2.21. The summed E-state index contributed by atoms with van der Waals surface area (Å²) in [5, 5.41) is 11.8. The molecule has 0 radical (unpaired) electrons. The maximum Gasteiger partial charge on any atom is 0.235 e. The van der Waals surface area contributed by atoms with Crippen molar-refractivity contribution in [3.05, 3.63) is 35.9 Å². The molecule has 1 aromatic heterocycles. The van der Waals surface area contributed by atoms with E-state index in [2.05, 4.69) is 15.5 Å². The number of amides is 1. The maximum absolute atomic E-state index is 11.8. The standard InChI is InChI=1S/C14H17N5O2S/c15-13(20)12(10-5-2-1-3-6-10)22-14-16-17-18-19(14)9-11-7-4-8-21-11/h1-3,5-6,11-12H,4,7-9H2,(H2,15,20)/t11-,12+/m0/s1. The first-order chi connectivity index (χ1) is 10.7. The molecule has 1 fully saturated rings. The minimum absolute atomic E-state index is 0.131. The molecule has 0 aliphatic carbocycles. The second-order valence-electron chi connectivity index (χ2n) is 5.09. The van der Waals surface area contributed by atoms with Crippen molar-refractivity contribution in [2.45, 2.75) is 35.9 Å². The maximum atomic E-state index is 11.8. The fraction of sp³-hybridized carbons (Fsp3) is 0.429. The fourth-order valence-electron chi connectivity index (χ4n) is 2.40. The lowest BCUT2D eigenvalue weighted by Gasteiger charge is -2.14. The van der Waals surface area contributed by atoms with E-state index < -0.39 is 11.2 Å². The van der Waals surface area contributed by atoms with Crippen LogP contribution in [-0.2, 0) is 16.1 Å². The number of hydrogen-bond donors (Lipinski definition) is 1. The molecule has 1 aliphatic rings. The van der Waals surface area contributed by atoms with Crippen molar-refractivity contribution in [2.75, 3.05) is 6.61 Å². The van der Waals surface area contributed by atoms with E-state index in [-0.39, 0.29) is 6.10 Å². The first kappa shape index (κ1) is 15.0. The summed E-state index contributed by atoms with van der Waals surface area (Å²) in [7, 11) is 0. The van der Waals surface area contributed by atoms with Gasteiger partial charge in [0.1, 0.15) is 5.25 Å². The number of aromatic nitrogens is 4. The normalized spacial score (nSPS) is 19.2. The van der Waals surface area contributed by atoms with E-state index in [0.29, 0.717) is 11.7 Å². The van der Waals surface area contributed by atoms with Gasteiger partial charge < -0.3 is 10.5 Å². The van der Waals surface area contributed by atoms with E-state index in [0.717, 1.165) is 25.0 Å². The number of nitrogens with zero attached hydrogens (tertiary/aromatic N) is 4. The number of carbonyl (C=O) groups is 1. The molecule has 0 saturated carbocycles. The van der Waals surface area contributed by atoms with Gasteiger partial charge in [-0.05, 0) is 28.8 Å². The molecule has 0 bridgehead atoms. The number of rotatable bonds is 6. The minimum Gasteiger partial charge on any atom is -0.376 e. The summed E-state index contributed by atoms with van der Waals surface area (Å²) in [6, 6.07) is 9.39. The Labute approximate surface area is 132 Å². The lowest BCUT2D eigenvalue weighted by molar-refractivity contribution is -0.117. The van der Waals surface area contributed by atoms with Gasteiger partial charge in [-0.2, -0.15) is 0 Å². The molecule has 0 unspecified atom stereocenters. The van der Waals surface area contributed by atoms with Gasteiger partial charge in [-0.15, -0.1) is 5.10 Å². The van der Waals surface area contributed by atoms with Crippen molar-refractivity contribution in [3.8, 4) is 0 Å². The van der Waals surface area contributed by atoms with Crippen molar-refractivity contribution in [3.63, 3.8) is 0 Å². The molecule has 2 aromatic rings. The third-order valence-electron chi connectivity index (χ3n) is 3.48. The van der Waals surface area contributed by atoms with Gasteiger partial charge in [-0.1, -0.05) is 42.1 Å². The Kier molecular flexibility index (Phi) is 4.69. The molecule has 2 heterocycles. The number of ether oxygens (including phenoxy) is 1. The van der Waals surface area contributed by atoms with Crippen LogP contribution in [0.5, 0.6) is 0 Å². The average molecular weight is 319 g/mol. The molecular weight excluding hydrogens is 302 g/mol. The number of thioether (sulfide) groups is 1. The van der Waals surface area contributed by atoms with Crippen molar-refractivity contribution in [2.24, 2.45) is 5.73 Å². The highest BCUT2D eigenvalue weighted by atomic mass is 32.2. The predicted molar refractivity (Wildman–Crippen MR) is 81.0 cm³/mol. The van der Waals surface area contributed by atoms with Crippen LogP contribution in [0, 0.1) is 0 Å². The van der Waals surface area contributed by atoms with Crippen LogP contribution in [0.25, 0.3) is 0 Å². The lowest BCUT2D eigenvalue weighted by atomic mass is 10.1. The summed E-state index contributed by atoms with van der Waals surface area (Å²) in [6.45, 7) is 1.37. The Morgan fingerprint density at radius 3 is 2.95 bits per heavy atom. The van der Waals surface area contributed by atoms with E-state index in [1.165, 1.54) is 11.8 Å². The number of carbonyl (C=O) groups excluding carboxylic acids is 1. The first-order valence-corrected chi connectivity index (χ1v) is 8.00. The Bertz CT molecular complexity index is 627. The van der Waals surface area contributed by atoms with Crippen LogP contribution in [0.2, 0.25) is 0 Å². The Morgan fingerprint density at radius 2 is 2.27 bits per heavy atom. The van der Waals surface area contributed by atoms with Crippen LogP contribution in [0.1, 0.15) is 23.7 Å². The largest absolute Gasteiger partial charge is 0.376 e. The van der Waals surface area contributed by atoms with E-state index in [1.807, 2.05) is 30.3 Å². The highest BCUT2D eigenvalue weighted by Gasteiger charge is 2.24. The smallest absolute Gasteiger partial charge is 0.235 e. The molecule has 1 saturated heterocycles. The monoisotopic (exact) mass is 319 g/mol. The molecule has 8 heteroatoms. The molecule has 2 N–H and O–H groups in total. The molecular formula is C14H17N5O2S. The number of primary amides is 1. The topological polar surface area (TPSA) is 95.9 Å². The molecule has 116 valence electrons. The van der Waals surface area contributed by atoms with E-state index >= 15 is 0 Å². The van der Waals surface area contributed by atoms with Crippen molar-refractivity contribution in [1.82, 2.24) is 20.2 Å². The fourth-order valence-corrected chi connectivity index (χ4v) is 3.34. The van der Waals surface area contributed by atoms with Gasteiger partial charge in [0.25, 0.3) is 0 Å². The van der Waals surface area contributed by atoms with Crippen LogP contribution in [-0.4, -0.2) is 38.8 Å². The van der Waals surface area contributed by atoms with Gasteiger partial charge >= 0.3 is 0 Å². The highest BCUT2D eigenvalue weighted by molar-refractivity contribution is 8.00. The summed E-state index contributed by atoms with van der Waals surface area (Å²) >= 11 is 1.26. The van der Waals surface area contributed by atoms with Gasteiger partial charge in [-0.3, -0.25) is 4.79 Å². The summed E-state index contributed by atoms with van der Waals surface area (Å²) in [4.78, 5) is 11.8. The van der Waals surface area contributed by atoms with Crippen LogP contribution >= 0.6 is 11.8 Å². The second kappa shape index (κ2) is 6.89. The van der Waals surface area contributed by atoms with Gasteiger partial charge in [-0.25, -0.2) is 4.68 Å². The van der Waals surface area contributed by atoms with E-state index in [4.69, 9.17) is 10.5 Å². The van der Waals surface area contributed by atoms with Gasteiger partial charge in [0.05, 0.1) is 12.6 Å². The molecule has 2 atom stereocenters. The zero-order chi connectivity index (χ0) is 15.4. The number of tetrazole rings is 1. The highest BCUT2D eigenvalue weighted by Crippen LogP contribution is 2.33. The summed E-state index contributed by atoms with van der Waals surface area (Å²) in [6.07, 6.45) is 2.19. The Morgan fingerprint density at radius 1 is 1.45 bits per heavy atom. The van der Waals surface area contributed by atoms with E-state index in [9.17, 15) is 4.79 Å². The molecule has 1 aliphatic heterocycles. The predicted octanol–water partition coefficient (Wildman–Crippen LogP) is 1.17. The van der Waals surface area contributed by atoms with Gasteiger partial charge in [0.2, 0.25) is 11.1 Å². The van der Waals surface area contributed by atoms with E-state index in [1.54, 1.807) is 4.68 Å². The third kappa shape index (κ3) is 3.45. The third-order valence-corrected chi connectivity index (χ3v) is 4.73. The molecule has 3 rings (SSSR count). The van der Waals surface area contributed by atoms with Crippen LogP contribution < -0.4 is 5.73 Å². The minimum atomic E-state index is -0.518. The zero-order valence-corrected chi connectivity index (χ0v) is 12.8. The SMILES string of the molecule is NC(=O)[C@H](Sc1nnnn1C[C@@H]1CCCO1)c1ccccc1. The summed E-state index contributed by atoms with van der Waals surface area (Å²) in [5.41, 5.74) is 6.38. The van der Waals surface area contributed by atoms with Crippen LogP contribution in [0.4, 0.5) is 0 Å². The van der Waals surface area contributed by atoms with Gasteiger partial charge in [0.15, 0.2) is 0 Å². The molecule has 1 aromatic carbocycles. The number of benzene rings is 1. The Hall–Kier alpha value is -1.93.